The fourth-order valence-electron chi connectivity index (χ4n) is 6.76. The molecule has 1 aliphatic carbocycles. The summed E-state index contributed by atoms with van der Waals surface area (Å²) in [5.41, 5.74) is 6.59. The molecule has 1 amide bonds. The van der Waals surface area contributed by atoms with Crippen LogP contribution in [0.5, 0.6) is 0 Å². The van der Waals surface area contributed by atoms with Gasteiger partial charge in [-0.25, -0.2) is 19.7 Å². The van der Waals surface area contributed by atoms with Crippen LogP contribution in [0.2, 0.25) is 0 Å². The molecule has 1 aliphatic heterocycles. The number of nitrogens with one attached hydrogen (secondary N) is 1. The molecule has 11 heteroatoms. The zero-order chi connectivity index (χ0) is 31.1. The molecule has 7 rings (SSSR count). The molecule has 1 saturated carbocycles. The van der Waals surface area contributed by atoms with Gasteiger partial charge in [-0.3, -0.25) is 4.79 Å². The van der Waals surface area contributed by atoms with Gasteiger partial charge in [-0.15, -0.1) is 11.3 Å². The molecule has 0 unspecified atom stereocenters. The number of thiazole rings is 1. The largest absolute Gasteiger partial charge is 0.476 e. The van der Waals surface area contributed by atoms with Crippen LogP contribution in [0.15, 0.2) is 42.6 Å². The lowest BCUT2D eigenvalue weighted by molar-refractivity contribution is -0.135. The summed E-state index contributed by atoms with van der Waals surface area (Å²) in [6, 6.07) is 12.6. The minimum absolute atomic E-state index is 0.000994. The van der Waals surface area contributed by atoms with Gasteiger partial charge in [0.05, 0.1) is 51.4 Å². The SMILES string of the molecule is Cc1nc(C)c(-c2ccc3cc(-c4c(C5CCCCC5)cc(-c5nc(C(=O)O)c[nH]5)n4CC(=O)N4CCOCC4)ccc3n2)s1. The Bertz CT molecular complexity index is 1890. The molecule has 10 nitrogen and oxygen atoms in total. The molecule has 0 bridgehead atoms. The Kier molecular flexibility index (Phi) is 7.97. The smallest absolute Gasteiger partial charge is 0.356 e. The molecule has 1 saturated heterocycles. The number of aromatic nitrogens is 5. The number of aromatic carboxylic acids is 1. The van der Waals surface area contributed by atoms with Crippen molar-refractivity contribution in [2.24, 2.45) is 0 Å². The molecular formula is C34H36N6O4S. The number of hydrogen-bond acceptors (Lipinski definition) is 7. The van der Waals surface area contributed by atoms with Crippen LogP contribution in [0.1, 0.15) is 64.8 Å². The summed E-state index contributed by atoms with van der Waals surface area (Å²) in [4.78, 5) is 45.5. The monoisotopic (exact) mass is 624 g/mol. The molecule has 2 aliphatic rings. The van der Waals surface area contributed by atoms with E-state index in [1.807, 2.05) is 23.3 Å². The van der Waals surface area contributed by atoms with Crippen LogP contribution >= 0.6 is 11.3 Å². The summed E-state index contributed by atoms with van der Waals surface area (Å²) in [5.74, 6) is -0.334. The summed E-state index contributed by atoms with van der Waals surface area (Å²) in [7, 11) is 0. The zero-order valence-electron chi connectivity index (χ0n) is 25.5. The van der Waals surface area contributed by atoms with E-state index in [1.165, 1.54) is 18.2 Å². The number of H-pyrrole nitrogens is 1. The van der Waals surface area contributed by atoms with Crippen LogP contribution in [-0.4, -0.2) is 72.7 Å². The predicted octanol–water partition coefficient (Wildman–Crippen LogP) is 6.44. The van der Waals surface area contributed by atoms with E-state index in [0.29, 0.717) is 43.7 Å². The third kappa shape index (κ3) is 5.78. The van der Waals surface area contributed by atoms with E-state index in [1.54, 1.807) is 11.3 Å². The summed E-state index contributed by atoms with van der Waals surface area (Å²) in [6.07, 6.45) is 7.07. The number of aryl methyl sites for hydroxylation is 2. The van der Waals surface area contributed by atoms with Gasteiger partial charge in [0.15, 0.2) is 11.5 Å². The Morgan fingerprint density at radius 1 is 1.02 bits per heavy atom. The van der Waals surface area contributed by atoms with Gasteiger partial charge < -0.3 is 24.3 Å². The number of carboxylic acids is 1. The van der Waals surface area contributed by atoms with Gasteiger partial charge in [-0.1, -0.05) is 31.4 Å². The van der Waals surface area contributed by atoms with E-state index in [0.717, 1.165) is 69.1 Å². The molecule has 0 atom stereocenters. The highest BCUT2D eigenvalue weighted by Gasteiger charge is 2.29. The second-order valence-corrected chi connectivity index (χ2v) is 13.1. The van der Waals surface area contributed by atoms with E-state index >= 15 is 0 Å². The van der Waals surface area contributed by atoms with E-state index in [-0.39, 0.29) is 18.1 Å². The first-order valence-electron chi connectivity index (χ1n) is 15.6. The highest BCUT2D eigenvalue weighted by Crippen LogP contribution is 2.43. The number of hydrogen-bond donors (Lipinski definition) is 2. The highest BCUT2D eigenvalue weighted by atomic mass is 32.1. The van der Waals surface area contributed by atoms with Crippen molar-refractivity contribution in [2.75, 3.05) is 26.3 Å². The van der Waals surface area contributed by atoms with Gasteiger partial charge in [-0.05, 0) is 68.0 Å². The van der Waals surface area contributed by atoms with E-state index < -0.39 is 5.97 Å². The summed E-state index contributed by atoms with van der Waals surface area (Å²) >= 11 is 1.65. The Balaban J connectivity index is 1.38. The average molecular weight is 625 g/mol. The maximum Gasteiger partial charge on any atom is 0.356 e. The van der Waals surface area contributed by atoms with Gasteiger partial charge in [0, 0.05) is 24.7 Å². The standard InChI is InChI=1S/C34H36N6O4S/c1-20-32(45-21(2)36-20)27-11-8-23-16-24(9-10-26(23)37-27)31-25(22-6-4-3-5-7-22)17-29(33-35-18-28(38-33)34(42)43)40(31)19-30(41)39-12-14-44-15-13-39/h8-11,16-18,22H,3-7,12-15,19H2,1-2H3,(H,35,38)(H,42,43). The number of morpholine rings is 1. The third-order valence-corrected chi connectivity index (χ3v) is 10.1. The van der Waals surface area contributed by atoms with Gasteiger partial charge in [0.25, 0.3) is 0 Å². The van der Waals surface area contributed by atoms with Crippen LogP contribution in [0.25, 0.3) is 44.2 Å². The van der Waals surface area contributed by atoms with Crippen molar-refractivity contribution in [3.8, 4) is 33.3 Å². The van der Waals surface area contributed by atoms with Gasteiger partial charge >= 0.3 is 5.97 Å². The molecule has 0 radical (unpaired) electrons. The molecule has 232 valence electrons. The van der Waals surface area contributed by atoms with Crippen molar-refractivity contribution in [3.63, 3.8) is 0 Å². The maximum atomic E-state index is 13.8. The van der Waals surface area contributed by atoms with E-state index in [4.69, 9.17) is 9.72 Å². The Morgan fingerprint density at radius 3 is 2.53 bits per heavy atom. The van der Waals surface area contributed by atoms with Crippen molar-refractivity contribution < 1.29 is 19.4 Å². The van der Waals surface area contributed by atoms with Gasteiger partial charge in [0.1, 0.15) is 6.54 Å². The number of pyridine rings is 1. The number of imidazole rings is 1. The van der Waals surface area contributed by atoms with Crippen molar-refractivity contribution in [1.29, 1.82) is 0 Å². The van der Waals surface area contributed by atoms with E-state index in [9.17, 15) is 14.7 Å². The summed E-state index contributed by atoms with van der Waals surface area (Å²) < 4.78 is 7.54. The first-order valence-corrected chi connectivity index (χ1v) is 16.4. The molecule has 45 heavy (non-hydrogen) atoms. The molecular weight excluding hydrogens is 588 g/mol. The molecule has 5 aromatic rings. The van der Waals surface area contributed by atoms with Crippen molar-refractivity contribution in [1.82, 2.24) is 29.4 Å². The van der Waals surface area contributed by atoms with Crippen molar-refractivity contribution >= 4 is 34.1 Å². The topological polar surface area (TPSA) is 126 Å². The van der Waals surface area contributed by atoms with Crippen LogP contribution < -0.4 is 0 Å². The molecule has 2 fully saturated rings. The lowest BCUT2D eigenvalue weighted by Gasteiger charge is -2.28. The van der Waals surface area contributed by atoms with Crippen LogP contribution in [0, 0.1) is 13.8 Å². The Labute approximate surface area is 265 Å². The average Bonchev–Trinajstić information content (AvgIpc) is 3.78. The van der Waals surface area contributed by atoms with Crippen LogP contribution in [0.3, 0.4) is 0 Å². The predicted molar refractivity (Wildman–Crippen MR) is 174 cm³/mol. The quantitative estimate of drug-likeness (QED) is 0.213. The van der Waals surface area contributed by atoms with Crippen LogP contribution in [-0.2, 0) is 16.1 Å². The second kappa shape index (κ2) is 12.2. The fraction of sp³-hybridized carbons (Fsp3) is 0.382. The molecule has 2 N–H and O–H groups in total. The number of nitrogens with zero attached hydrogens (tertiary/aromatic N) is 5. The minimum Gasteiger partial charge on any atom is -0.476 e. The highest BCUT2D eigenvalue weighted by molar-refractivity contribution is 7.15. The third-order valence-electron chi connectivity index (χ3n) is 8.97. The number of amides is 1. The normalized spacial score (nSPS) is 16.0. The number of fused-ring (bicyclic) bond motifs is 1. The van der Waals surface area contributed by atoms with E-state index in [2.05, 4.69) is 51.4 Å². The number of aromatic amines is 1. The number of benzene rings is 1. The molecule has 0 spiro atoms. The number of carbonyl (C=O) groups is 2. The summed E-state index contributed by atoms with van der Waals surface area (Å²) in [5, 5.41) is 11.6. The van der Waals surface area contributed by atoms with Gasteiger partial charge in [0.2, 0.25) is 5.91 Å². The maximum absolute atomic E-state index is 13.8. The van der Waals surface area contributed by atoms with Gasteiger partial charge in [-0.2, -0.15) is 0 Å². The molecule has 5 heterocycles. The number of carbonyl (C=O) groups excluding carboxylic acids is 1. The van der Waals surface area contributed by atoms with Crippen LogP contribution in [0.4, 0.5) is 0 Å². The lowest BCUT2D eigenvalue weighted by Crippen LogP contribution is -2.42. The molecule has 1 aromatic carbocycles. The summed E-state index contributed by atoms with van der Waals surface area (Å²) in [6.45, 7) is 6.27. The second-order valence-electron chi connectivity index (χ2n) is 11.9. The number of rotatable bonds is 7. The first-order chi connectivity index (χ1) is 21.9. The number of carboxylic acid groups (broad SMARTS) is 1. The number of ether oxygens (including phenoxy) is 1. The Hall–Kier alpha value is -4.35. The Morgan fingerprint density at radius 2 is 1.82 bits per heavy atom. The zero-order valence-corrected chi connectivity index (χ0v) is 26.3. The minimum atomic E-state index is -1.10. The lowest BCUT2D eigenvalue weighted by atomic mass is 9.83. The van der Waals surface area contributed by atoms with Crippen molar-refractivity contribution in [2.45, 2.75) is 58.4 Å². The first kappa shape index (κ1) is 29.4. The molecule has 4 aromatic heterocycles. The van der Waals surface area contributed by atoms with Crippen molar-refractivity contribution in [3.05, 3.63) is 64.6 Å². The fourth-order valence-corrected chi connectivity index (χ4v) is 7.65.